The molecule has 0 spiro atoms. The Hall–Kier alpha value is -2.38. The van der Waals surface area contributed by atoms with Crippen LogP contribution in [0.2, 0.25) is 0 Å². The van der Waals surface area contributed by atoms with Gasteiger partial charge in [-0.1, -0.05) is 17.7 Å². The highest BCUT2D eigenvalue weighted by atomic mass is 16.5. The minimum atomic E-state index is -0.603. The zero-order valence-corrected chi connectivity index (χ0v) is 11.5. The second kappa shape index (κ2) is 6.18. The van der Waals surface area contributed by atoms with E-state index in [4.69, 9.17) is 10.00 Å². The van der Waals surface area contributed by atoms with Crippen molar-refractivity contribution in [2.45, 2.75) is 26.6 Å². The Kier molecular flexibility index (Phi) is 4.34. The fourth-order valence-corrected chi connectivity index (χ4v) is 1.94. The minimum absolute atomic E-state index is 0.250. The van der Waals surface area contributed by atoms with Crippen molar-refractivity contribution < 1.29 is 9.84 Å². The van der Waals surface area contributed by atoms with E-state index in [1.165, 1.54) is 0 Å². The van der Waals surface area contributed by atoms with Gasteiger partial charge in [0.15, 0.2) is 0 Å². The van der Waals surface area contributed by atoms with Gasteiger partial charge >= 0.3 is 0 Å². The largest absolute Gasteiger partial charge is 0.488 e. The van der Waals surface area contributed by atoms with Gasteiger partial charge in [0.1, 0.15) is 24.1 Å². The molecule has 0 bridgehead atoms. The maximum absolute atomic E-state index is 9.78. The van der Waals surface area contributed by atoms with Crippen LogP contribution in [-0.2, 0) is 6.61 Å². The van der Waals surface area contributed by atoms with Crippen molar-refractivity contribution in [1.82, 2.24) is 4.98 Å². The fourth-order valence-electron chi connectivity index (χ4n) is 1.94. The lowest BCUT2D eigenvalue weighted by Gasteiger charge is -2.14. The first-order chi connectivity index (χ1) is 9.61. The molecule has 0 saturated carbocycles. The molecule has 1 N–H and O–H groups in total. The first-order valence-electron chi connectivity index (χ1n) is 6.37. The third-order valence-corrected chi connectivity index (χ3v) is 3.00. The highest BCUT2D eigenvalue weighted by molar-refractivity contribution is 5.39. The summed E-state index contributed by atoms with van der Waals surface area (Å²) in [6, 6.07) is 11.3. The molecule has 1 aromatic heterocycles. The first-order valence-corrected chi connectivity index (χ1v) is 6.37. The molecule has 0 aliphatic carbocycles. The standard InChI is InChI=1S/C16H16N2O2/c1-11-5-6-16(14(8-11)12(2)19)20-10-13-4-3-7-18-15(13)9-17/h3-8,12,19H,10H2,1-2H3. The van der Waals surface area contributed by atoms with Crippen molar-refractivity contribution in [2.75, 3.05) is 0 Å². The van der Waals surface area contributed by atoms with Gasteiger partial charge in [-0.05, 0) is 32.0 Å². The Morgan fingerprint density at radius 3 is 2.90 bits per heavy atom. The third kappa shape index (κ3) is 3.14. The molecular weight excluding hydrogens is 252 g/mol. The Morgan fingerprint density at radius 1 is 1.40 bits per heavy atom. The van der Waals surface area contributed by atoms with E-state index < -0.39 is 6.10 Å². The van der Waals surface area contributed by atoms with Crippen molar-refractivity contribution >= 4 is 0 Å². The molecule has 4 heteroatoms. The Morgan fingerprint density at radius 2 is 2.20 bits per heavy atom. The molecule has 0 fully saturated rings. The highest BCUT2D eigenvalue weighted by Crippen LogP contribution is 2.27. The molecular formula is C16H16N2O2. The van der Waals surface area contributed by atoms with Crippen LogP contribution in [0.4, 0.5) is 0 Å². The van der Waals surface area contributed by atoms with Crippen LogP contribution in [0.3, 0.4) is 0 Å². The first kappa shape index (κ1) is 14.0. The average molecular weight is 268 g/mol. The molecule has 20 heavy (non-hydrogen) atoms. The smallest absolute Gasteiger partial charge is 0.147 e. The molecule has 0 aliphatic rings. The molecule has 2 rings (SSSR count). The topological polar surface area (TPSA) is 66.1 Å². The summed E-state index contributed by atoms with van der Waals surface area (Å²) in [7, 11) is 0. The number of ether oxygens (including phenoxy) is 1. The summed E-state index contributed by atoms with van der Waals surface area (Å²) in [5.41, 5.74) is 2.89. The minimum Gasteiger partial charge on any atom is -0.488 e. The Balaban J connectivity index is 2.21. The van der Waals surface area contributed by atoms with Gasteiger partial charge in [0.2, 0.25) is 0 Å². The van der Waals surface area contributed by atoms with Gasteiger partial charge in [0.25, 0.3) is 0 Å². The molecule has 102 valence electrons. The van der Waals surface area contributed by atoms with E-state index in [-0.39, 0.29) is 6.61 Å². The maximum atomic E-state index is 9.78. The van der Waals surface area contributed by atoms with Crippen molar-refractivity contribution in [3.05, 3.63) is 58.9 Å². The number of nitriles is 1. The number of nitrogens with zero attached hydrogens (tertiary/aromatic N) is 2. The van der Waals surface area contributed by atoms with Crippen molar-refractivity contribution in [3.63, 3.8) is 0 Å². The quantitative estimate of drug-likeness (QED) is 0.925. The average Bonchev–Trinajstić information content (AvgIpc) is 2.46. The lowest BCUT2D eigenvalue weighted by molar-refractivity contribution is 0.190. The second-order valence-corrected chi connectivity index (χ2v) is 4.63. The second-order valence-electron chi connectivity index (χ2n) is 4.63. The van der Waals surface area contributed by atoms with E-state index >= 15 is 0 Å². The Labute approximate surface area is 118 Å². The lowest BCUT2D eigenvalue weighted by atomic mass is 10.1. The number of benzene rings is 1. The summed E-state index contributed by atoms with van der Waals surface area (Å²) in [5.74, 6) is 0.623. The van der Waals surface area contributed by atoms with Crippen LogP contribution in [0.5, 0.6) is 5.75 Å². The number of rotatable bonds is 4. The van der Waals surface area contributed by atoms with Crippen molar-refractivity contribution in [2.24, 2.45) is 0 Å². The third-order valence-electron chi connectivity index (χ3n) is 3.00. The molecule has 0 radical (unpaired) electrons. The van der Waals surface area contributed by atoms with E-state index in [0.717, 1.165) is 16.7 Å². The van der Waals surface area contributed by atoms with Crippen molar-refractivity contribution in [3.8, 4) is 11.8 Å². The van der Waals surface area contributed by atoms with Gasteiger partial charge in [0, 0.05) is 17.3 Å². The fraction of sp³-hybridized carbons (Fsp3) is 0.250. The number of aryl methyl sites for hydroxylation is 1. The van der Waals surface area contributed by atoms with E-state index in [2.05, 4.69) is 4.98 Å². The van der Waals surface area contributed by atoms with Crippen LogP contribution >= 0.6 is 0 Å². The van der Waals surface area contributed by atoms with Crippen LogP contribution in [0.1, 0.15) is 35.4 Å². The molecule has 2 aromatic rings. The van der Waals surface area contributed by atoms with Gasteiger partial charge in [-0.2, -0.15) is 5.26 Å². The van der Waals surface area contributed by atoms with Crippen LogP contribution in [0, 0.1) is 18.3 Å². The maximum Gasteiger partial charge on any atom is 0.147 e. The van der Waals surface area contributed by atoms with Crippen LogP contribution in [0.15, 0.2) is 36.5 Å². The lowest BCUT2D eigenvalue weighted by Crippen LogP contribution is -2.03. The van der Waals surface area contributed by atoms with Crippen LogP contribution in [-0.4, -0.2) is 10.1 Å². The van der Waals surface area contributed by atoms with Gasteiger partial charge in [-0.15, -0.1) is 0 Å². The predicted molar refractivity (Wildman–Crippen MR) is 75.1 cm³/mol. The van der Waals surface area contributed by atoms with Gasteiger partial charge in [-0.3, -0.25) is 0 Å². The van der Waals surface area contributed by atoms with Gasteiger partial charge in [-0.25, -0.2) is 4.98 Å². The zero-order chi connectivity index (χ0) is 14.5. The van der Waals surface area contributed by atoms with E-state index in [9.17, 15) is 5.11 Å². The normalized spacial score (nSPS) is 11.7. The predicted octanol–water partition coefficient (Wildman–Crippen LogP) is 2.89. The summed E-state index contributed by atoms with van der Waals surface area (Å²) in [5, 5.41) is 18.8. The number of aliphatic hydroxyl groups excluding tert-OH is 1. The zero-order valence-electron chi connectivity index (χ0n) is 11.5. The number of aromatic nitrogens is 1. The van der Waals surface area contributed by atoms with Gasteiger partial charge < -0.3 is 9.84 Å². The summed E-state index contributed by atoms with van der Waals surface area (Å²) in [4.78, 5) is 3.99. The molecule has 1 unspecified atom stereocenters. The number of hydrogen-bond donors (Lipinski definition) is 1. The van der Waals surface area contributed by atoms with Gasteiger partial charge in [0.05, 0.1) is 6.10 Å². The summed E-state index contributed by atoms with van der Waals surface area (Å²) in [6.07, 6.45) is 0.976. The van der Waals surface area contributed by atoms with E-state index in [1.807, 2.05) is 37.3 Å². The van der Waals surface area contributed by atoms with Crippen LogP contribution in [0.25, 0.3) is 0 Å². The van der Waals surface area contributed by atoms with E-state index in [0.29, 0.717) is 11.4 Å². The Bertz CT molecular complexity index is 645. The summed E-state index contributed by atoms with van der Waals surface area (Å²) in [6.45, 7) is 3.91. The highest BCUT2D eigenvalue weighted by Gasteiger charge is 2.10. The van der Waals surface area contributed by atoms with E-state index in [1.54, 1.807) is 19.2 Å². The molecule has 1 aromatic carbocycles. The number of hydrogen-bond acceptors (Lipinski definition) is 4. The van der Waals surface area contributed by atoms with Crippen LogP contribution < -0.4 is 4.74 Å². The molecule has 4 nitrogen and oxygen atoms in total. The number of aliphatic hydroxyl groups is 1. The number of pyridine rings is 1. The molecule has 1 atom stereocenters. The molecule has 1 heterocycles. The molecule has 0 amide bonds. The molecule has 0 aliphatic heterocycles. The molecule has 0 saturated heterocycles. The monoisotopic (exact) mass is 268 g/mol. The SMILES string of the molecule is Cc1ccc(OCc2cccnc2C#N)c(C(C)O)c1. The summed E-state index contributed by atoms with van der Waals surface area (Å²) < 4.78 is 5.73. The summed E-state index contributed by atoms with van der Waals surface area (Å²) >= 11 is 0. The van der Waals surface area contributed by atoms with Crippen molar-refractivity contribution in [1.29, 1.82) is 5.26 Å².